The smallest absolute Gasteiger partial charge is 0.160 e. The molecule has 0 aromatic heterocycles. The van der Waals surface area contributed by atoms with Crippen LogP contribution in [0.2, 0.25) is 0 Å². The summed E-state index contributed by atoms with van der Waals surface area (Å²) in [6.07, 6.45) is 4.71. The van der Waals surface area contributed by atoms with Crippen LogP contribution in [-0.2, 0) is 0 Å². The molecule has 0 bridgehead atoms. The second-order valence-corrected chi connectivity index (χ2v) is 4.64. The molecule has 1 aliphatic rings. The van der Waals surface area contributed by atoms with Crippen LogP contribution in [0.3, 0.4) is 0 Å². The van der Waals surface area contributed by atoms with Gasteiger partial charge in [-0.15, -0.1) is 0 Å². The van der Waals surface area contributed by atoms with Crippen molar-refractivity contribution in [3.8, 4) is 11.5 Å². The average Bonchev–Trinajstić information content (AvgIpc) is 2.39. The van der Waals surface area contributed by atoms with Crippen LogP contribution in [-0.4, -0.2) is 14.2 Å². The molecule has 1 saturated carbocycles. The molecule has 0 unspecified atom stereocenters. The van der Waals surface area contributed by atoms with Crippen LogP contribution < -0.4 is 9.47 Å². The Labute approximate surface area is 103 Å². The molecule has 2 heteroatoms. The molecule has 0 atom stereocenters. The van der Waals surface area contributed by atoms with Crippen molar-refractivity contribution in [3.63, 3.8) is 0 Å². The average molecular weight is 232 g/mol. The second-order valence-electron chi connectivity index (χ2n) is 4.64. The Morgan fingerprint density at radius 1 is 1.06 bits per heavy atom. The van der Waals surface area contributed by atoms with Crippen LogP contribution in [0, 0.1) is 0 Å². The lowest BCUT2D eigenvalue weighted by Gasteiger charge is -2.24. The van der Waals surface area contributed by atoms with Crippen molar-refractivity contribution in [2.45, 2.75) is 31.6 Å². The van der Waals surface area contributed by atoms with Gasteiger partial charge in [-0.3, -0.25) is 0 Å². The summed E-state index contributed by atoms with van der Waals surface area (Å²) in [4.78, 5) is 0. The molecular weight excluding hydrogens is 212 g/mol. The van der Waals surface area contributed by atoms with Crippen molar-refractivity contribution in [2.24, 2.45) is 0 Å². The van der Waals surface area contributed by atoms with Gasteiger partial charge in [0.25, 0.3) is 0 Å². The van der Waals surface area contributed by atoms with Gasteiger partial charge in [0.15, 0.2) is 11.5 Å². The molecular formula is C15H20O2. The maximum Gasteiger partial charge on any atom is 0.160 e. The first-order valence-corrected chi connectivity index (χ1v) is 6.13. The molecule has 1 fully saturated rings. The van der Waals surface area contributed by atoms with E-state index in [1.165, 1.54) is 24.0 Å². The molecule has 1 aromatic carbocycles. The predicted molar refractivity (Wildman–Crippen MR) is 69.9 cm³/mol. The Balaban J connectivity index is 2.18. The molecule has 0 spiro atoms. The van der Waals surface area contributed by atoms with Gasteiger partial charge >= 0.3 is 0 Å². The van der Waals surface area contributed by atoms with Gasteiger partial charge in [0.2, 0.25) is 0 Å². The summed E-state index contributed by atoms with van der Waals surface area (Å²) in [5.41, 5.74) is 2.75. The first-order valence-electron chi connectivity index (χ1n) is 6.13. The Morgan fingerprint density at radius 3 is 2.29 bits per heavy atom. The zero-order chi connectivity index (χ0) is 12.3. The van der Waals surface area contributed by atoms with E-state index in [0.29, 0.717) is 5.92 Å². The van der Waals surface area contributed by atoms with E-state index in [9.17, 15) is 0 Å². The molecule has 0 aliphatic heterocycles. The summed E-state index contributed by atoms with van der Waals surface area (Å²) in [6, 6.07) is 6.26. The van der Waals surface area contributed by atoms with Gasteiger partial charge in [0.05, 0.1) is 14.2 Å². The fourth-order valence-electron chi connectivity index (χ4n) is 2.47. The maximum atomic E-state index is 5.35. The van der Waals surface area contributed by atoms with E-state index in [-0.39, 0.29) is 0 Å². The zero-order valence-electron chi connectivity index (χ0n) is 10.7. The topological polar surface area (TPSA) is 18.5 Å². The van der Waals surface area contributed by atoms with Crippen molar-refractivity contribution in [1.82, 2.24) is 0 Å². The van der Waals surface area contributed by atoms with Gasteiger partial charge in [-0.1, -0.05) is 18.2 Å². The first kappa shape index (κ1) is 12.0. The van der Waals surface area contributed by atoms with Crippen molar-refractivity contribution in [2.75, 3.05) is 14.2 Å². The van der Waals surface area contributed by atoms with Crippen LogP contribution in [0.15, 0.2) is 30.4 Å². The van der Waals surface area contributed by atoms with E-state index in [2.05, 4.69) is 18.7 Å². The predicted octanol–water partition coefficient (Wildman–Crippen LogP) is 3.92. The van der Waals surface area contributed by atoms with E-state index >= 15 is 0 Å². The summed E-state index contributed by atoms with van der Waals surface area (Å²) in [7, 11) is 3.35. The molecule has 1 aromatic rings. The van der Waals surface area contributed by atoms with Crippen LogP contribution in [0.25, 0.3) is 0 Å². The largest absolute Gasteiger partial charge is 0.493 e. The van der Waals surface area contributed by atoms with Gasteiger partial charge in [-0.05, 0) is 49.3 Å². The minimum atomic E-state index is 0.639. The monoisotopic (exact) mass is 232 g/mol. The molecule has 17 heavy (non-hydrogen) atoms. The van der Waals surface area contributed by atoms with Crippen molar-refractivity contribution < 1.29 is 9.47 Å². The molecule has 0 heterocycles. The Morgan fingerprint density at radius 2 is 1.71 bits per heavy atom. The van der Waals surface area contributed by atoms with Gasteiger partial charge in [-0.2, -0.15) is 0 Å². The van der Waals surface area contributed by atoms with Crippen LogP contribution in [0.4, 0.5) is 0 Å². The molecule has 1 aliphatic carbocycles. The zero-order valence-corrected chi connectivity index (χ0v) is 10.7. The summed E-state index contributed by atoms with van der Waals surface area (Å²) in [5, 5.41) is 0. The van der Waals surface area contributed by atoms with Crippen LogP contribution in [0.1, 0.15) is 37.2 Å². The molecule has 0 radical (unpaired) electrons. The summed E-state index contributed by atoms with van der Waals surface area (Å²) >= 11 is 0. The number of hydrogen-bond donors (Lipinski definition) is 0. The third-order valence-electron chi connectivity index (χ3n) is 3.57. The molecule has 0 saturated heterocycles. The minimum absolute atomic E-state index is 0.639. The van der Waals surface area contributed by atoms with Crippen molar-refractivity contribution in [3.05, 3.63) is 35.9 Å². The number of methoxy groups -OCH3 is 2. The highest BCUT2D eigenvalue weighted by Gasteiger charge is 2.18. The van der Waals surface area contributed by atoms with Crippen molar-refractivity contribution in [1.29, 1.82) is 0 Å². The minimum Gasteiger partial charge on any atom is -0.493 e. The van der Waals surface area contributed by atoms with E-state index in [1.54, 1.807) is 14.2 Å². The van der Waals surface area contributed by atoms with E-state index in [1.807, 2.05) is 6.07 Å². The lowest BCUT2D eigenvalue weighted by atomic mass is 9.82. The number of ether oxygens (including phenoxy) is 2. The molecule has 0 amide bonds. The third-order valence-corrected chi connectivity index (χ3v) is 3.57. The number of benzene rings is 1. The SMILES string of the molecule is C=C1CCC(c2ccc(OC)c(OC)c2)CC1. The summed E-state index contributed by atoms with van der Waals surface area (Å²) in [6.45, 7) is 4.06. The van der Waals surface area contributed by atoms with Gasteiger partial charge < -0.3 is 9.47 Å². The molecule has 0 N–H and O–H groups in total. The van der Waals surface area contributed by atoms with E-state index < -0.39 is 0 Å². The third kappa shape index (κ3) is 2.63. The number of allylic oxidation sites excluding steroid dienone is 1. The molecule has 92 valence electrons. The normalized spacial score (nSPS) is 16.9. The van der Waals surface area contributed by atoms with Gasteiger partial charge in [0, 0.05) is 0 Å². The lowest BCUT2D eigenvalue weighted by Crippen LogP contribution is -2.06. The highest BCUT2D eigenvalue weighted by Crippen LogP contribution is 2.38. The Bertz CT molecular complexity index is 399. The van der Waals surface area contributed by atoms with Gasteiger partial charge in [0.1, 0.15) is 0 Å². The highest BCUT2D eigenvalue weighted by molar-refractivity contribution is 5.44. The Hall–Kier alpha value is -1.44. The van der Waals surface area contributed by atoms with E-state index in [4.69, 9.17) is 9.47 Å². The maximum absolute atomic E-state index is 5.35. The van der Waals surface area contributed by atoms with E-state index in [0.717, 1.165) is 24.3 Å². The lowest BCUT2D eigenvalue weighted by molar-refractivity contribution is 0.353. The van der Waals surface area contributed by atoms with Gasteiger partial charge in [-0.25, -0.2) is 0 Å². The van der Waals surface area contributed by atoms with Crippen LogP contribution in [0.5, 0.6) is 11.5 Å². The Kier molecular flexibility index (Phi) is 3.72. The number of hydrogen-bond acceptors (Lipinski definition) is 2. The molecule has 2 rings (SSSR count). The van der Waals surface area contributed by atoms with Crippen molar-refractivity contribution >= 4 is 0 Å². The fourth-order valence-corrected chi connectivity index (χ4v) is 2.47. The standard InChI is InChI=1S/C15H20O2/c1-11-4-6-12(7-5-11)13-8-9-14(16-2)15(10-13)17-3/h8-10,12H,1,4-7H2,2-3H3. The highest BCUT2D eigenvalue weighted by atomic mass is 16.5. The number of rotatable bonds is 3. The molecule has 2 nitrogen and oxygen atoms in total. The summed E-state index contributed by atoms with van der Waals surface area (Å²) < 4.78 is 10.6. The first-order chi connectivity index (χ1) is 8.24. The van der Waals surface area contributed by atoms with Crippen LogP contribution >= 0.6 is 0 Å². The summed E-state index contributed by atoms with van der Waals surface area (Å²) in [5.74, 6) is 2.27. The second kappa shape index (κ2) is 5.26. The fraction of sp³-hybridized carbons (Fsp3) is 0.467. The quantitative estimate of drug-likeness (QED) is 0.735.